The van der Waals surface area contributed by atoms with Gasteiger partial charge in [0.1, 0.15) is 0 Å². The Labute approximate surface area is 63.9 Å². The minimum atomic E-state index is -0.701. The van der Waals surface area contributed by atoms with E-state index < -0.39 is 6.10 Å². The van der Waals surface area contributed by atoms with Gasteiger partial charge in [-0.25, -0.2) is 5.43 Å². The molecule has 6 nitrogen and oxygen atoms in total. The van der Waals surface area contributed by atoms with Gasteiger partial charge in [-0.2, -0.15) is 0 Å². The molecule has 0 saturated carbocycles. The van der Waals surface area contributed by atoms with Crippen molar-refractivity contribution in [1.29, 1.82) is 0 Å². The van der Waals surface area contributed by atoms with Crippen LogP contribution in [0.2, 0.25) is 0 Å². The molecule has 0 aliphatic carbocycles. The van der Waals surface area contributed by atoms with Crippen molar-refractivity contribution in [2.45, 2.75) is 6.10 Å². The first-order valence-corrected chi connectivity index (χ1v) is 3.08. The molecule has 0 aromatic carbocycles. The number of hydrogen-bond donors (Lipinski definition) is 4. The van der Waals surface area contributed by atoms with Gasteiger partial charge in [-0.3, -0.25) is 15.0 Å². The van der Waals surface area contributed by atoms with Crippen molar-refractivity contribution in [3.05, 3.63) is 0 Å². The van der Waals surface area contributed by atoms with E-state index in [2.05, 4.69) is 16.2 Å². The molecule has 0 heterocycles. The molecule has 4 N–H and O–H groups in total. The highest BCUT2D eigenvalue weighted by Gasteiger charge is 2.00. The van der Waals surface area contributed by atoms with Crippen molar-refractivity contribution in [2.75, 3.05) is 13.1 Å². The molecule has 0 aromatic rings. The Balaban J connectivity index is 3.14. The molecule has 11 heavy (non-hydrogen) atoms. The van der Waals surface area contributed by atoms with Crippen LogP contribution in [-0.2, 0) is 9.59 Å². The molecule has 0 fully saturated rings. The first-order valence-electron chi connectivity index (χ1n) is 3.08. The van der Waals surface area contributed by atoms with Crippen molar-refractivity contribution in [3.8, 4) is 0 Å². The molecule has 0 radical (unpaired) electrons. The van der Waals surface area contributed by atoms with Crippen molar-refractivity contribution >= 4 is 12.8 Å². The van der Waals surface area contributed by atoms with E-state index in [4.69, 9.17) is 5.11 Å². The van der Waals surface area contributed by atoms with Gasteiger partial charge in [-0.1, -0.05) is 0 Å². The number of aliphatic hydroxyl groups is 1. The molecular formula is C5H11N3O3. The van der Waals surface area contributed by atoms with E-state index in [1.807, 2.05) is 0 Å². The topological polar surface area (TPSA) is 90.5 Å². The van der Waals surface area contributed by atoms with Crippen LogP contribution in [0.5, 0.6) is 0 Å². The normalized spacial score (nSPS) is 11.7. The number of rotatable bonds is 7. The smallest absolute Gasteiger partial charge is 0.221 e. The molecule has 0 aromatic heterocycles. The third kappa shape index (κ3) is 6.75. The lowest BCUT2D eigenvalue weighted by atomic mass is 10.3. The number of nitrogens with one attached hydrogen (secondary N) is 3. The Morgan fingerprint density at radius 2 is 2.00 bits per heavy atom. The minimum Gasteiger partial charge on any atom is -0.390 e. The summed E-state index contributed by atoms with van der Waals surface area (Å²) in [5, 5.41) is 11.3. The van der Waals surface area contributed by atoms with Gasteiger partial charge in [0, 0.05) is 13.1 Å². The van der Waals surface area contributed by atoms with Crippen LogP contribution in [0.3, 0.4) is 0 Å². The van der Waals surface area contributed by atoms with Crippen molar-refractivity contribution in [3.63, 3.8) is 0 Å². The largest absolute Gasteiger partial charge is 0.390 e. The summed E-state index contributed by atoms with van der Waals surface area (Å²) in [6, 6.07) is 0. The molecular weight excluding hydrogens is 150 g/mol. The van der Waals surface area contributed by atoms with Crippen molar-refractivity contribution < 1.29 is 14.7 Å². The van der Waals surface area contributed by atoms with Gasteiger partial charge in [0.2, 0.25) is 12.8 Å². The van der Waals surface area contributed by atoms with Crippen LogP contribution in [0.1, 0.15) is 0 Å². The molecule has 0 bridgehead atoms. The van der Waals surface area contributed by atoms with Gasteiger partial charge in [0.15, 0.2) is 0 Å². The van der Waals surface area contributed by atoms with Crippen LogP contribution >= 0.6 is 0 Å². The second kappa shape index (κ2) is 6.97. The highest BCUT2D eigenvalue weighted by molar-refractivity contribution is 5.46. The second-order valence-electron chi connectivity index (χ2n) is 1.82. The predicted octanol–water partition coefficient (Wildman–Crippen LogP) is -2.66. The van der Waals surface area contributed by atoms with Gasteiger partial charge in [-0.05, 0) is 0 Å². The summed E-state index contributed by atoms with van der Waals surface area (Å²) in [7, 11) is 0. The minimum absolute atomic E-state index is 0.164. The first kappa shape index (κ1) is 9.86. The fraction of sp³-hybridized carbons (Fsp3) is 0.600. The van der Waals surface area contributed by atoms with Crippen molar-refractivity contribution in [2.24, 2.45) is 0 Å². The van der Waals surface area contributed by atoms with E-state index in [1.54, 1.807) is 0 Å². The Morgan fingerprint density at radius 1 is 1.27 bits per heavy atom. The molecule has 0 aliphatic rings. The molecule has 0 saturated heterocycles. The molecule has 1 atom stereocenters. The Kier molecular flexibility index (Phi) is 6.25. The monoisotopic (exact) mass is 161 g/mol. The summed E-state index contributed by atoms with van der Waals surface area (Å²) in [6.45, 7) is 0.358. The van der Waals surface area contributed by atoms with Gasteiger partial charge >= 0.3 is 0 Å². The van der Waals surface area contributed by atoms with E-state index in [0.717, 1.165) is 0 Å². The number of hydrogen-bond acceptors (Lipinski definition) is 4. The number of amides is 2. The van der Waals surface area contributed by atoms with Gasteiger partial charge in [-0.15, -0.1) is 0 Å². The maximum Gasteiger partial charge on any atom is 0.221 e. The predicted molar refractivity (Wildman–Crippen MR) is 37.3 cm³/mol. The zero-order valence-electron chi connectivity index (χ0n) is 5.91. The van der Waals surface area contributed by atoms with Gasteiger partial charge in [0.05, 0.1) is 6.10 Å². The average molecular weight is 161 g/mol. The SMILES string of the molecule is O=CNCC(O)CNNC=O. The van der Waals surface area contributed by atoms with Gasteiger partial charge < -0.3 is 10.4 Å². The second-order valence-corrected chi connectivity index (χ2v) is 1.82. The Bertz CT molecular complexity index is 120. The fourth-order valence-corrected chi connectivity index (χ4v) is 0.475. The average Bonchev–Trinajstić information content (AvgIpc) is 2.01. The lowest BCUT2D eigenvalue weighted by molar-refractivity contribution is -0.111. The highest BCUT2D eigenvalue weighted by Crippen LogP contribution is 1.73. The van der Waals surface area contributed by atoms with Crippen molar-refractivity contribution in [1.82, 2.24) is 16.2 Å². The third-order valence-corrected chi connectivity index (χ3v) is 0.935. The standard InChI is InChI=1S/C5H11N3O3/c9-3-6-1-5(11)2-7-8-4-10/h3-5,7,11H,1-2H2,(H,6,9)(H,8,10). The number of carbonyl (C=O) groups is 2. The van der Waals surface area contributed by atoms with Crippen LogP contribution < -0.4 is 16.2 Å². The van der Waals surface area contributed by atoms with Crippen LogP contribution in [0.15, 0.2) is 0 Å². The summed E-state index contributed by atoms with van der Waals surface area (Å²) < 4.78 is 0. The first-order chi connectivity index (χ1) is 5.31. The molecule has 0 rings (SSSR count). The molecule has 6 heteroatoms. The molecule has 0 spiro atoms. The van der Waals surface area contributed by atoms with E-state index in [9.17, 15) is 9.59 Å². The molecule has 64 valence electrons. The van der Waals surface area contributed by atoms with Gasteiger partial charge in [0.25, 0.3) is 0 Å². The summed E-state index contributed by atoms with van der Waals surface area (Å²) in [5.74, 6) is 0. The number of hydrazine groups is 1. The summed E-state index contributed by atoms with van der Waals surface area (Å²) in [4.78, 5) is 19.4. The van der Waals surface area contributed by atoms with E-state index in [-0.39, 0.29) is 13.1 Å². The Morgan fingerprint density at radius 3 is 2.55 bits per heavy atom. The van der Waals surface area contributed by atoms with E-state index in [1.165, 1.54) is 0 Å². The molecule has 0 aliphatic heterocycles. The lowest BCUT2D eigenvalue weighted by Crippen LogP contribution is -2.40. The molecule has 2 amide bonds. The zero-order valence-corrected chi connectivity index (χ0v) is 5.91. The van der Waals surface area contributed by atoms with Crippen LogP contribution in [0.4, 0.5) is 0 Å². The summed E-state index contributed by atoms with van der Waals surface area (Å²) >= 11 is 0. The maximum atomic E-state index is 9.72. The lowest BCUT2D eigenvalue weighted by Gasteiger charge is -2.09. The summed E-state index contributed by atoms with van der Waals surface area (Å²) in [5.41, 5.74) is 4.57. The van der Waals surface area contributed by atoms with E-state index in [0.29, 0.717) is 12.8 Å². The zero-order chi connectivity index (χ0) is 8.53. The number of carbonyl (C=O) groups excluding carboxylic acids is 2. The van der Waals surface area contributed by atoms with Crippen LogP contribution in [0.25, 0.3) is 0 Å². The molecule has 1 unspecified atom stereocenters. The van der Waals surface area contributed by atoms with Crippen LogP contribution in [-0.4, -0.2) is 37.1 Å². The summed E-state index contributed by atoms with van der Waals surface area (Å²) in [6.07, 6.45) is 0.253. The van der Waals surface area contributed by atoms with Crippen LogP contribution in [0, 0.1) is 0 Å². The maximum absolute atomic E-state index is 9.72. The fourth-order valence-electron chi connectivity index (χ4n) is 0.475. The highest BCUT2D eigenvalue weighted by atomic mass is 16.3. The Hall–Kier alpha value is -1.14. The number of aliphatic hydroxyl groups excluding tert-OH is 1. The third-order valence-electron chi connectivity index (χ3n) is 0.935. The van der Waals surface area contributed by atoms with E-state index >= 15 is 0 Å². The quantitative estimate of drug-likeness (QED) is 0.186.